The zero-order chi connectivity index (χ0) is 16.6. The molecule has 22 heavy (non-hydrogen) atoms. The number of nitrogens with one attached hydrogen (secondary N) is 2. The summed E-state index contributed by atoms with van der Waals surface area (Å²) in [6, 6.07) is 6.90. The molecule has 0 bridgehead atoms. The lowest BCUT2D eigenvalue weighted by molar-refractivity contribution is 0.519. The van der Waals surface area contributed by atoms with Crippen molar-refractivity contribution < 1.29 is 8.42 Å². The van der Waals surface area contributed by atoms with Crippen LogP contribution >= 0.6 is 0 Å². The summed E-state index contributed by atoms with van der Waals surface area (Å²) in [6.07, 6.45) is 1.73. The number of hydrogen-bond acceptors (Lipinski definition) is 3. The Balaban J connectivity index is 3.05. The van der Waals surface area contributed by atoms with E-state index in [2.05, 4.69) is 22.2 Å². The highest BCUT2D eigenvalue weighted by Gasteiger charge is 2.20. The quantitative estimate of drug-likeness (QED) is 0.449. The highest BCUT2D eigenvalue weighted by Crippen LogP contribution is 2.19. The van der Waals surface area contributed by atoms with E-state index in [1.54, 1.807) is 24.3 Å². The maximum atomic E-state index is 12.3. The number of aliphatic imine (C=N–C) groups is 1. The van der Waals surface area contributed by atoms with E-state index >= 15 is 0 Å². The lowest BCUT2D eigenvalue weighted by atomic mass is 10.2. The number of hydrogen-bond donors (Lipinski definition) is 2. The summed E-state index contributed by atoms with van der Waals surface area (Å²) in [5, 5.41) is 6.18. The summed E-state index contributed by atoms with van der Waals surface area (Å²) in [5.74, 6) is 0.624. The molecule has 2 N–H and O–H groups in total. The summed E-state index contributed by atoms with van der Waals surface area (Å²) in [4.78, 5) is 4.70. The van der Waals surface area contributed by atoms with Gasteiger partial charge in [-0.25, -0.2) is 17.7 Å². The van der Waals surface area contributed by atoms with Crippen molar-refractivity contribution in [2.75, 3.05) is 27.2 Å². The summed E-state index contributed by atoms with van der Waals surface area (Å²) in [7, 11) is -0.440. The Labute approximate surface area is 133 Å². The number of rotatable bonds is 7. The molecule has 0 aromatic heterocycles. The van der Waals surface area contributed by atoms with Gasteiger partial charge in [-0.1, -0.05) is 24.3 Å². The molecular weight excluding hydrogens is 300 g/mol. The molecule has 0 atom stereocenters. The van der Waals surface area contributed by atoms with Crippen molar-refractivity contribution in [3.63, 3.8) is 0 Å². The predicted octanol–water partition coefficient (Wildman–Crippen LogP) is 1.18. The summed E-state index contributed by atoms with van der Waals surface area (Å²) in [5.41, 5.74) is 0.659. The van der Waals surface area contributed by atoms with E-state index < -0.39 is 10.0 Å². The van der Waals surface area contributed by atoms with Crippen LogP contribution in [0.1, 0.15) is 12.5 Å². The first kappa shape index (κ1) is 18.2. The van der Waals surface area contributed by atoms with Crippen molar-refractivity contribution in [2.45, 2.75) is 18.4 Å². The number of sulfonamides is 1. The van der Waals surface area contributed by atoms with Crippen LogP contribution in [0.25, 0.3) is 0 Å². The van der Waals surface area contributed by atoms with Crippen molar-refractivity contribution in [1.29, 1.82) is 0 Å². The van der Waals surface area contributed by atoms with Crippen LogP contribution in [-0.2, 0) is 16.6 Å². The molecule has 0 aliphatic carbocycles. The molecule has 0 amide bonds. The fourth-order valence-corrected chi connectivity index (χ4v) is 2.87. The lowest BCUT2D eigenvalue weighted by Crippen LogP contribution is -2.37. The van der Waals surface area contributed by atoms with Crippen LogP contribution in [0.2, 0.25) is 0 Å². The molecule has 0 heterocycles. The average molecular weight is 324 g/mol. The largest absolute Gasteiger partial charge is 0.357 e. The van der Waals surface area contributed by atoms with Crippen LogP contribution in [-0.4, -0.2) is 45.9 Å². The molecule has 0 fully saturated rings. The summed E-state index contributed by atoms with van der Waals surface area (Å²) in [6.45, 7) is 7.20. The molecule has 1 aromatic carbocycles. The van der Waals surface area contributed by atoms with Gasteiger partial charge in [0, 0.05) is 27.2 Å². The fourth-order valence-electron chi connectivity index (χ4n) is 1.76. The first-order valence-electron chi connectivity index (χ1n) is 7.07. The van der Waals surface area contributed by atoms with Crippen LogP contribution < -0.4 is 10.6 Å². The van der Waals surface area contributed by atoms with E-state index in [0.29, 0.717) is 18.1 Å². The average Bonchev–Trinajstić information content (AvgIpc) is 2.50. The first-order valence-corrected chi connectivity index (χ1v) is 8.51. The fraction of sp³-hybridized carbons (Fsp3) is 0.400. The standard InChI is InChI=1S/C15H24N4O2S/c1-5-11-17-15(16-6-2)18-12-13-9-7-8-10-14(13)22(20,21)19(3)4/h5,7-10H,1,6,11-12H2,2-4H3,(H2,16,17,18). The zero-order valence-corrected chi connectivity index (χ0v) is 14.2. The van der Waals surface area contributed by atoms with Crippen LogP contribution in [0.3, 0.4) is 0 Å². The van der Waals surface area contributed by atoms with Crippen LogP contribution in [0, 0.1) is 0 Å². The highest BCUT2D eigenvalue weighted by molar-refractivity contribution is 7.89. The summed E-state index contributed by atoms with van der Waals surface area (Å²) < 4.78 is 25.9. The van der Waals surface area contributed by atoms with Crippen LogP contribution in [0.5, 0.6) is 0 Å². The van der Waals surface area contributed by atoms with E-state index in [1.807, 2.05) is 13.0 Å². The van der Waals surface area contributed by atoms with E-state index in [1.165, 1.54) is 18.4 Å². The third-order valence-corrected chi connectivity index (χ3v) is 4.81. The monoisotopic (exact) mass is 324 g/mol. The van der Waals surface area contributed by atoms with Gasteiger partial charge in [-0.15, -0.1) is 6.58 Å². The second-order valence-electron chi connectivity index (χ2n) is 4.76. The van der Waals surface area contributed by atoms with Crippen molar-refractivity contribution in [3.05, 3.63) is 42.5 Å². The van der Waals surface area contributed by atoms with Gasteiger partial charge in [-0.3, -0.25) is 0 Å². The predicted molar refractivity (Wildman–Crippen MR) is 90.3 cm³/mol. The van der Waals surface area contributed by atoms with Crippen molar-refractivity contribution >= 4 is 16.0 Å². The Morgan fingerprint density at radius 1 is 1.32 bits per heavy atom. The molecule has 0 saturated carbocycles. The van der Waals surface area contributed by atoms with Gasteiger partial charge in [0.15, 0.2) is 5.96 Å². The Kier molecular flexibility index (Phi) is 7.07. The minimum absolute atomic E-state index is 0.274. The van der Waals surface area contributed by atoms with E-state index in [4.69, 9.17) is 0 Å². The van der Waals surface area contributed by atoms with Gasteiger partial charge < -0.3 is 10.6 Å². The molecule has 0 radical (unpaired) electrons. The lowest BCUT2D eigenvalue weighted by Gasteiger charge is -2.15. The maximum absolute atomic E-state index is 12.3. The number of nitrogens with zero attached hydrogens (tertiary/aromatic N) is 2. The normalized spacial score (nSPS) is 12.3. The van der Waals surface area contributed by atoms with Crippen molar-refractivity contribution in [3.8, 4) is 0 Å². The van der Waals surface area contributed by atoms with Gasteiger partial charge in [0.05, 0.1) is 11.4 Å². The number of benzene rings is 1. The van der Waals surface area contributed by atoms with Gasteiger partial charge in [-0.05, 0) is 18.6 Å². The van der Waals surface area contributed by atoms with Crippen LogP contribution in [0.4, 0.5) is 0 Å². The van der Waals surface area contributed by atoms with Gasteiger partial charge in [0.2, 0.25) is 10.0 Å². The van der Waals surface area contributed by atoms with Gasteiger partial charge in [0.25, 0.3) is 0 Å². The zero-order valence-electron chi connectivity index (χ0n) is 13.3. The highest BCUT2D eigenvalue weighted by atomic mass is 32.2. The third-order valence-electron chi connectivity index (χ3n) is 2.90. The third kappa shape index (κ3) is 4.85. The van der Waals surface area contributed by atoms with E-state index in [-0.39, 0.29) is 11.4 Å². The second-order valence-corrected chi connectivity index (χ2v) is 6.88. The molecule has 0 aliphatic heterocycles. The van der Waals surface area contributed by atoms with E-state index in [9.17, 15) is 8.42 Å². The molecule has 6 nitrogen and oxygen atoms in total. The Morgan fingerprint density at radius 2 is 2.00 bits per heavy atom. The van der Waals surface area contributed by atoms with Crippen molar-refractivity contribution in [2.24, 2.45) is 4.99 Å². The molecule has 122 valence electrons. The molecule has 0 aliphatic rings. The van der Waals surface area contributed by atoms with Crippen molar-refractivity contribution in [1.82, 2.24) is 14.9 Å². The smallest absolute Gasteiger partial charge is 0.242 e. The Hall–Kier alpha value is -1.86. The minimum Gasteiger partial charge on any atom is -0.357 e. The molecule has 0 spiro atoms. The minimum atomic E-state index is -3.48. The maximum Gasteiger partial charge on any atom is 0.242 e. The molecule has 7 heteroatoms. The van der Waals surface area contributed by atoms with Crippen LogP contribution in [0.15, 0.2) is 46.8 Å². The molecule has 0 saturated heterocycles. The molecule has 1 aromatic rings. The first-order chi connectivity index (χ1) is 10.4. The molecular formula is C15H24N4O2S. The van der Waals surface area contributed by atoms with Gasteiger partial charge >= 0.3 is 0 Å². The Bertz CT molecular complexity index is 624. The van der Waals surface area contributed by atoms with Gasteiger partial charge in [0.1, 0.15) is 0 Å². The Morgan fingerprint density at radius 3 is 2.59 bits per heavy atom. The molecule has 0 unspecified atom stereocenters. The number of guanidine groups is 1. The topological polar surface area (TPSA) is 73.8 Å². The SMILES string of the molecule is C=CCNC(=NCc1ccccc1S(=O)(=O)N(C)C)NCC. The molecule has 1 rings (SSSR count). The summed E-state index contributed by atoms with van der Waals surface area (Å²) >= 11 is 0. The van der Waals surface area contributed by atoms with E-state index in [0.717, 1.165) is 6.54 Å². The second kappa shape index (κ2) is 8.55. The van der Waals surface area contributed by atoms with Gasteiger partial charge in [-0.2, -0.15) is 0 Å².